The molecule has 0 aromatic rings. The lowest BCUT2D eigenvalue weighted by Gasteiger charge is -2.24. The molecular weight excluding hydrogens is 282 g/mol. The molecule has 0 heterocycles. The summed E-state index contributed by atoms with van der Waals surface area (Å²) in [6.45, 7) is 8.79. The van der Waals surface area contributed by atoms with Gasteiger partial charge in [0.25, 0.3) is 0 Å². The van der Waals surface area contributed by atoms with Crippen LogP contribution < -0.4 is 0 Å². The normalized spacial score (nSPS) is 13.5. The number of rotatable bonds is 15. The van der Waals surface area contributed by atoms with Gasteiger partial charge in [0.1, 0.15) is 0 Å². The summed E-state index contributed by atoms with van der Waals surface area (Å²) in [6, 6.07) is 4.60. The minimum Gasteiger partial charge on any atom is -0.301 e. The molecule has 0 saturated carbocycles. The topological polar surface area (TPSA) is 50.8 Å². The molecule has 0 amide bonds. The van der Waals surface area contributed by atoms with E-state index in [1.165, 1.54) is 64.2 Å². The van der Waals surface area contributed by atoms with Crippen LogP contribution in [0, 0.1) is 34.5 Å². The second-order valence-electron chi connectivity index (χ2n) is 7.00. The quantitative estimate of drug-likeness (QED) is 0.373. The maximum atomic E-state index is 8.98. The lowest BCUT2D eigenvalue weighted by Crippen LogP contribution is -2.33. The molecule has 132 valence electrons. The summed E-state index contributed by atoms with van der Waals surface area (Å²) < 4.78 is 0. The minimum atomic E-state index is 0.0454. The van der Waals surface area contributed by atoms with E-state index in [1.54, 1.807) is 0 Å². The zero-order valence-corrected chi connectivity index (χ0v) is 15.7. The highest BCUT2D eigenvalue weighted by Crippen LogP contribution is 2.12. The third-order valence-electron chi connectivity index (χ3n) is 4.33. The Bertz CT molecular complexity index is 318. The summed E-state index contributed by atoms with van der Waals surface area (Å²) >= 11 is 0. The molecule has 2 unspecified atom stereocenters. The van der Waals surface area contributed by atoms with Crippen molar-refractivity contribution < 1.29 is 0 Å². The van der Waals surface area contributed by atoms with Crippen molar-refractivity contribution in [2.24, 2.45) is 11.8 Å². The summed E-state index contributed by atoms with van der Waals surface area (Å²) in [7, 11) is 0. The van der Waals surface area contributed by atoms with Crippen molar-refractivity contribution in [2.45, 2.75) is 85.0 Å². The number of nitrogens with zero attached hydrogens (tertiary/aromatic N) is 3. The van der Waals surface area contributed by atoms with Crippen LogP contribution in [0.3, 0.4) is 0 Å². The van der Waals surface area contributed by atoms with Gasteiger partial charge in [0.05, 0.1) is 24.0 Å². The fourth-order valence-electron chi connectivity index (χ4n) is 2.94. The average Bonchev–Trinajstić information content (AvgIpc) is 2.55. The molecule has 0 saturated heterocycles. The van der Waals surface area contributed by atoms with Crippen molar-refractivity contribution in [1.82, 2.24) is 4.90 Å². The average molecular weight is 320 g/mol. The van der Waals surface area contributed by atoms with Gasteiger partial charge in [0.15, 0.2) is 0 Å². The molecular formula is C20H37N3. The first-order valence-corrected chi connectivity index (χ1v) is 9.65. The first kappa shape index (κ1) is 21.9. The van der Waals surface area contributed by atoms with Gasteiger partial charge in [-0.05, 0) is 26.8 Å². The van der Waals surface area contributed by atoms with Crippen LogP contribution in [-0.2, 0) is 0 Å². The van der Waals surface area contributed by atoms with Gasteiger partial charge in [0.2, 0.25) is 0 Å². The second kappa shape index (κ2) is 15.8. The molecule has 3 heteroatoms. The molecule has 2 atom stereocenters. The summed E-state index contributed by atoms with van der Waals surface area (Å²) in [5.41, 5.74) is 0. The summed E-state index contributed by atoms with van der Waals surface area (Å²) in [4.78, 5) is 2.30. The molecule has 0 spiro atoms. The zero-order valence-electron chi connectivity index (χ0n) is 15.7. The second-order valence-corrected chi connectivity index (χ2v) is 7.00. The van der Waals surface area contributed by atoms with Crippen LogP contribution in [-0.4, -0.2) is 24.5 Å². The largest absolute Gasteiger partial charge is 0.301 e. The van der Waals surface area contributed by atoms with Crippen LogP contribution >= 0.6 is 0 Å². The van der Waals surface area contributed by atoms with Crippen molar-refractivity contribution in [3.05, 3.63) is 0 Å². The Morgan fingerprint density at radius 1 is 0.696 bits per heavy atom. The lowest BCUT2D eigenvalue weighted by atomic mass is 10.1. The van der Waals surface area contributed by atoms with E-state index in [0.29, 0.717) is 0 Å². The highest BCUT2D eigenvalue weighted by Gasteiger charge is 2.12. The molecule has 0 fully saturated rings. The maximum absolute atomic E-state index is 8.98. The SMILES string of the molecule is CCCCCCCCCCCCN(CC(C)C#N)CC(C)C#N. The van der Waals surface area contributed by atoms with Crippen molar-refractivity contribution in [1.29, 1.82) is 10.5 Å². The Kier molecular flexibility index (Phi) is 15.1. The van der Waals surface area contributed by atoms with E-state index in [0.717, 1.165) is 19.6 Å². The van der Waals surface area contributed by atoms with Crippen molar-refractivity contribution in [3.63, 3.8) is 0 Å². The smallest absolute Gasteiger partial charge is 0.0666 e. The van der Waals surface area contributed by atoms with Gasteiger partial charge >= 0.3 is 0 Å². The van der Waals surface area contributed by atoms with Crippen LogP contribution in [0.15, 0.2) is 0 Å². The number of hydrogen-bond donors (Lipinski definition) is 0. The third-order valence-corrected chi connectivity index (χ3v) is 4.33. The predicted molar refractivity (Wildman–Crippen MR) is 97.8 cm³/mol. The summed E-state index contributed by atoms with van der Waals surface area (Å²) in [5.74, 6) is 0.0908. The monoisotopic (exact) mass is 319 g/mol. The van der Waals surface area contributed by atoms with Crippen molar-refractivity contribution >= 4 is 0 Å². The fraction of sp³-hybridized carbons (Fsp3) is 0.900. The third kappa shape index (κ3) is 14.3. The van der Waals surface area contributed by atoms with Crippen LogP contribution in [0.1, 0.15) is 85.0 Å². The van der Waals surface area contributed by atoms with E-state index in [2.05, 4.69) is 24.0 Å². The van der Waals surface area contributed by atoms with E-state index >= 15 is 0 Å². The van der Waals surface area contributed by atoms with Gasteiger partial charge in [0, 0.05) is 13.1 Å². The van der Waals surface area contributed by atoms with E-state index in [-0.39, 0.29) is 11.8 Å². The molecule has 0 aliphatic carbocycles. The number of unbranched alkanes of at least 4 members (excludes halogenated alkanes) is 9. The molecule has 0 rings (SSSR count). The molecule has 0 aromatic carbocycles. The number of hydrogen-bond acceptors (Lipinski definition) is 3. The molecule has 0 aliphatic rings. The molecule has 0 bridgehead atoms. The van der Waals surface area contributed by atoms with Crippen molar-refractivity contribution in [3.8, 4) is 12.1 Å². The minimum absolute atomic E-state index is 0.0454. The molecule has 0 aromatic heterocycles. The van der Waals surface area contributed by atoms with Gasteiger partial charge in [-0.1, -0.05) is 64.7 Å². The standard InChI is InChI=1S/C20H37N3/c1-4-5-6-7-8-9-10-11-12-13-14-23(17-19(2)15-21)18-20(3)16-22/h19-20H,4-14,17-18H2,1-3H3. The van der Waals surface area contributed by atoms with E-state index < -0.39 is 0 Å². The Morgan fingerprint density at radius 3 is 1.48 bits per heavy atom. The maximum Gasteiger partial charge on any atom is 0.0666 e. The fourth-order valence-corrected chi connectivity index (χ4v) is 2.94. The number of nitriles is 2. The summed E-state index contributed by atoms with van der Waals surface area (Å²) in [6.07, 6.45) is 13.4. The van der Waals surface area contributed by atoms with Gasteiger partial charge in [-0.3, -0.25) is 0 Å². The van der Waals surface area contributed by atoms with Crippen LogP contribution in [0.2, 0.25) is 0 Å². The molecule has 0 N–H and O–H groups in total. The van der Waals surface area contributed by atoms with Gasteiger partial charge < -0.3 is 4.90 Å². The Labute approximate surface area is 144 Å². The molecule has 0 aliphatic heterocycles. The highest BCUT2D eigenvalue weighted by atomic mass is 15.1. The highest BCUT2D eigenvalue weighted by molar-refractivity contribution is 4.85. The Balaban J connectivity index is 3.70. The van der Waals surface area contributed by atoms with Gasteiger partial charge in [-0.25, -0.2) is 0 Å². The van der Waals surface area contributed by atoms with E-state index in [9.17, 15) is 0 Å². The Hall–Kier alpha value is -1.06. The zero-order chi connectivity index (χ0) is 17.3. The first-order chi connectivity index (χ1) is 11.1. The predicted octanol–water partition coefficient (Wildman–Crippen LogP) is 5.53. The molecule has 3 nitrogen and oxygen atoms in total. The first-order valence-electron chi connectivity index (χ1n) is 9.65. The summed E-state index contributed by atoms with van der Waals surface area (Å²) in [5, 5.41) is 18.0. The van der Waals surface area contributed by atoms with Gasteiger partial charge in [-0.2, -0.15) is 10.5 Å². The Morgan fingerprint density at radius 2 is 1.09 bits per heavy atom. The van der Waals surface area contributed by atoms with Crippen LogP contribution in [0.4, 0.5) is 0 Å². The van der Waals surface area contributed by atoms with E-state index in [4.69, 9.17) is 10.5 Å². The molecule has 0 radical (unpaired) electrons. The van der Waals surface area contributed by atoms with Gasteiger partial charge in [-0.15, -0.1) is 0 Å². The lowest BCUT2D eigenvalue weighted by molar-refractivity contribution is 0.233. The van der Waals surface area contributed by atoms with E-state index in [1.807, 2.05) is 13.8 Å². The van der Waals surface area contributed by atoms with Crippen LogP contribution in [0.25, 0.3) is 0 Å². The van der Waals surface area contributed by atoms with Crippen LogP contribution in [0.5, 0.6) is 0 Å². The molecule has 23 heavy (non-hydrogen) atoms. The van der Waals surface area contributed by atoms with Crippen molar-refractivity contribution in [2.75, 3.05) is 19.6 Å².